The Labute approximate surface area is 104 Å². The van der Waals surface area contributed by atoms with Crippen LogP contribution in [0.1, 0.15) is 44.9 Å². The molecule has 3 rings (SSSR count). The zero-order valence-corrected chi connectivity index (χ0v) is 10.6. The predicted molar refractivity (Wildman–Crippen MR) is 67.6 cm³/mol. The Bertz CT molecular complexity index is 286. The Hall–Kier alpha value is -0.570. The second-order valence-corrected chi connectivity index (χ2v) is 6.25. The van der Waals surface area contributed by atoms with E-state index in [4.69, 9.17) is 0 Å². The number of carbonyl (C=O) groups is 1. The number of piperidine rings is 1. The molecule has 3 nitrogen and oxygen atoms in total. The van der Waals surface area contributed by atoms with Crippen molar-refractivity contribution in [3.05, 3.63) is 0 Å². The highest BCUT2D eigenvalue weighted by Gasteiger charge is 2.40. The molecule has 0 aromatic carbocycles. The summed E-state index contributed by atoms with van der Waals surface area (Å²) in [5.74, 6) is 2.82. The monoisotopic (exact) mass is 236 g/mol. The number of hydrogen-bond acceptors (Lipinski definition) is 2. The first-order valence-corrected chi connectivity index (χ1v) is 7.31. The molecule has 1 heterocycles. The molecule has 0 spiro atoms. The third-order valence-electron chi connectivity index (χ3n) is 4.99. The minimum Gasteiger partial charge on any atom is -0.352 e. The molecule has 1 amide bonds. The molecule has 0 radical (unpaired) electrons. The average Bonchev–Trinajstić information content (AvgIpc) is 2.92. The SMILES string of the molecule is O=C(CC1CC2CCC1C2)N[C@H]1CCCNC1. The molecule has 3 aliphatic rings. The lowest BCUT2D eigenvalue weighted by Gasteiger charge is -2.26. The van der Waals surface area contributed by atoms with Gasteiger partial charge in [-0.3, -0.25) is 4.79 Å². The van der Waals surface area contributed by atoms with E-state index in [1.165, 1.54) is 32.1 Å². The summed E-state index contributed by atoms with van der Waals surface area (Å²) < 4.78 is 0. The summed E-state index contributed by atoms with van der Waals surface area (Å²) in [7, 11) is 0. The van der Waals surface area contributed by atoms with Crippen molar-refractivity contribution in [2.24, 2.45) is 17.8 Å². The Balaban J connectivity index is 1.44. The highest BCUT2D eigenvalue weighted by Crippen LogP contribution is 2.49. The number of fused-ring (bicyclic) bond motifs is 2. The van der Waals surface area contributed by atoms with Crippen LogP contribution in [-0.4, -0.2) is 25.0 Å². The molecule has 1 aliphatic heterocycles. The maximum atomic E-state index is 12.0. The van der Waals surface area contributed by atoms with E-state index in [9.17, 15) is 4.79 Å². The number of rotatable bonds is 3. The fourth-order valence-electron chi connectivity index (χ4n) is 4.13. The van der Waals surface area contributed by atoms with E-state index in [-0.39, 0.29) is 0 Å². The van der Waals surface area contributed by atoms with Gasteiger partial charge in [0.25, 0.3) is 0 Å². The van der Waals surface area contributed by atoms with Gasteiger partial charge in [-0.1, -0.05) is 6.42 Å². The van der Waals surface area contributed by atoms with E-state index in [1.54, 1.807) is 0 Å². The lowest BCUT2D eigenvalue weighted by atomic mass is 9.86. The summed E-state index contributed by atoms with van der Waals surface area (Å²) in [5, 5.41) is 6.55. The van der Waals surface area contributed by atoms with Crippen LogP contribution >= 0.6 is 0 Å². The van der Waals surface area contributed by atoms with E-state index >= 15 is 0 Å². The third kappa shape index (κ3) is 2.65. The van der Waals surface area contributed by atoms with Crippen molar-refractivity contribution in [1.82, 2.24) is 10.6 Å². The summed E-state index contributed by atoms with van der Waals surface area (Å²) in [6.07, 6.45) is 8.67. The lowest BCUT2D eigenvalue weighted by Crippen LogP contribution is -2.46. The smallest absolute Gasteiger partial charge is 0.220 e. The predicted octanol–water partition coefficient (Wildman–Crippen LogP) is 1.68. The van der Waals surface area contributed by atoms with Crippen LogP contribution in [0.2, 0.25) is 0 Å². The molecule has 96 valence electrons. The molecule has 17 heavy (non-hydrogen) atoms. The first-order valence-electron chi connectivity index (χ1n) is 7.31. The maximum Gasteiger partial charge on any atom is 0.220 e. The highest BCUT2D eigenvalue weighted by molar-refractivity contribution is 5.76. The van der Waals surface area contributed by atoms with E-state index in [0.29, 0.717) is 17.9 Å². The molecular weight excluding hydrogens is 212 g/mol. The topological polar surface area (TPSA) is 41.1 Å². The Kier molecular flexibility index (Phi) is 3.37. The quantitative estimate of drug-likeness (QED) is 0.783. The Morgan fingerprint density at radius 3 is 2.82 bits per heavy atom. The number of carbonyl (C=O) groups excluding carboxylic acids is 1. The zero-order valence-electron chi connectivity index (χ0n) is 10.6. The second-order valence-electron chi connectivity index (χ2n) is 6.25. The molecule has 3 fully saturated rings. The van der Waals surface area contributed by atoms with Crippen LogP contribution in [0.4, 0.5) is 0 Å². The molecule has 2 aliphatic carbocycles. The van der Waals surface area contributed by atoms with Gasteiger partial charge in [0.15, 0.2) is 0 Å². The summed E-state index contributed by atoms with van der Waals surface area (Å²) >= 11 is 0. The summed E-state index contributed by atoms with van der Waals surface area (Å²) in [6.45, 7) is 2.07. The third-order valence-corrected chi connectivity index (χ3v) is 4.99. The van der Waals surface area contributed by atoms with Gasteiger partial charge in [-0.2, -0.15) is 0 Å². The standard InChI is InChI=1S/C14H24N2O/c17-14(16-13-2-1-5-15-9-13)8-12-7-10-3-4-11(12)6-10/h10-13,15H,1-9H2,(H,16,17)/t10?,11?,12?,13-/m0/s1. The van der Waals surface area contributed by atoms with Gasteiger partial charge in [-0.25, -0.2) is 0 Å². The highest BCUT2D eigenvalue weighted by atomic mass is 16.1. The molecule has 2 saturated carbocycles. The van der Waals surface area contributed by atoms with Crippen molar-refractivity contribution in [2.45, 2.75) is 51.0 Å². The fourth-order valence-corrected chi connectivity index (χ4v) is 4.13. The van der Waals surface area contributed by atoms with Crippen molar-refractivity contribution < 1.29 is 4.79 Å². The summed E-state index contributed by atoms with van der Waals surface area (Å²) in [5.41, 5.74) is 0. The van der Waals surface area contributed by atoms with Crippen molar-refractivity contribution >= 4 is 5.91 Å². The molecule has 1 saturated heterocycles. The maximum absolute atomic E-state index is 12.0. The molecule has 2 N–H and O–H groups in total. The normalized spacial score (nSPS) is 40.5. The van der Waals surface area contributed by atoms with Crippen LogP contribution in [0.25, 0.3) is 0 Å². The average molecular weight is 236 g/mol. The number of hydrogen-bond donors (Lipinski definition) is 2. The Morgan fingerprint density at radius 1 is 1.24 bits per heavy atom. The fraction of sp³-hybridized carbons (Fsp3) is 0.929. The molecule has 0 aromatic heterocycles. The van der Waals surface area contributed by atoms with Gasteiger partial charge in [0.2, 0.25) is 5.91 Å². The molecule has 0 aromatic rings. The first-order chi connectivity index (χ1) is 8.31. The van der Waals surface area contributed by atoms with Crippen LogP contribution in [0.5, 0.6) is 0 Å². The van der Waals surface area contributed by atoms with Gasteiger partial charge in [0.1, 0.15) is 0 Å². The van der Waals surface area contributed by atoms with Gasteiger partial charge < -0.3 is 10.6 Å². The van der Waals surface area contributed by atoms with Crippen LogP contribution in [0, 0.1) is 17.8 Å². The Morgan fingerprint density at radius 2 is 2.18 bits per heavy atom. The van der Waals surface area contributed by atoms with Crippen LogP contribution < -0.4 is 10.6 Å². The second kappa shape index (κ2) is 4.97. The largest absolute Gasteiger partial charge is 0.352 e. The van der Waals surface area contributed by atoms with Crippen LogP contribution in [0.15, 0.2) is 0 Å². The summed E-state index contributed by atoms with van der Waals surface area (Å²) in [4.78, 5) is 12.0. The lowest BCUT2D eigenvalue weighted by molar-refractivity contribution is -0.123. The molecule has 3 unspecified atom stereocenters. The van der Waals surface area contributed by atoms with Crippen molar-refractivity contribution in [3.8, 4) is 0 Å². The van der Waals surface area contributed by atoms with E-state index < -0.39 is 0 Å². The summed E-state index contributed by atoms with van der Waals surface area (Å²) in [6, 6.07) is 0.384. The molecule has 2 bridgehead atoms. The van der Waals surface area contributed by atoms with E-state index in [1.807, 2.05) is 0 Å². The van der Waals surface area contributed by atoms with Gasteiger partial charge in [-0.15, -0.1) is 0 Å². The van der Waals surface area contributed by atoms with Crippen molar-refractivity contribution in [3.63, 3.8) is 0 Å². The van der Waals surface area contributed by atoms with Crippen molar-refractivity contribution in [2.75, 3.05) is 13.1 Å². The van der Waals surface area contributed by atoms with Crippen molar-refractivity contribution in [1.29, 1.82) is 0 Å². The van der Waals surface area contributed by atoms with Crippen LogP contribution in [-0.2, 0) is 4.79 Å². The van der Waals surface area contributed by atoms with Gasteiger partial charge >= 0.3 is 0 Å². The van der Waals surface area contributed by atoms with E-state index in [0.717, 1.165) is 37.8 Å². The minimum absolute atomic E-state index is 0.302. The minimum atomic E-state index is 0.302. The van der Waals surface area contributed by atoms with Gasteiger partial charge in [-0.05, 0) is 56.4 Å². The number of nitrogens with one attached hydrogen (secondary N) is 2. The molecular formula is C14H24N2O. The van der Waals surface area contributed by atoms with Gasteiger partial charge in [0.05, 0.1) is 0 Å². The zero-order chi connectivity index (χ0) is 11.7. The first kappa shape index (κ1) is 11.5. The van der Waals surface area contributed by atoms with Gasteiger partial charge in [0, 0.05) is 19.0 Å². The molecule has 3 heteroatoms. The van der Waals surface area contributed by atoms with Crippen LogP contribution in [0.3, 0.4) is 0 Å². The van der Waals surface area contributed by atoms with E-state index in [2.05, 4.69) is 10.6 Å². The molecule has 4 atom stereocenters. The number of amides is 1.